The number of H-pyrrole nitrogens is 1. The molecule has 3 heterocycles. The van der Waals surface area contributed by atoms with E-state index in [1.54, 1.807) is 24.9 Å². The molecule has 3 aromatic rings. The Labute approximate surface area is 178 Å². The Bertz CT molecular complexity index is 1170. The zero-order valence-electron chi connectivity index (χ0n) is 17.4. The molecule has 0 radical (unpaired) electrons. The Balaban J connectivity index is 1.83. The number of carbonyl (C=O) groups is 1. The van der Waals surface area contributed by atoms with Crippen molar-refractivity contribution in [3.8, 4) is 0 Å². The molecule has 0 fully saturated rings. The van der Waals surface area contributed by atoms with Crippen LogP contribution in [0.4, 0.5) is 8.78 Å². The van der Waals surface area contributed by atoms with E-state index in [2.05, 4.69) is 9.97 Å². The molecular formula is C23H23F2N3O3. The quantitative estimate of drug-likeness (QED) is 0.614. The molecule has 0 saturated carbocycles. The van der Waals surface area contributed by atoms with Crippen molar-refractivity contribution in [1.82, 2.24) is 14.9 Å². The first-order valence-corrected chi connectivity index (χ1v) is 10.1. The molecule has 0 saturated heterocycles. The van der Waals surface area contributed by atoms with E-state index >= 15 is 0 Å². The van der Waals surface area contributed by atoms with E-state index in [1.807, 2.05) is 19.1 Å². The van der Waals surface area contributed by atoms with Crippen LogP contribution in [0.2, 0.25) is 0 Å². The Hall–Kier alpha value is -3.26. The molecule has 2 atom stereocenters. The summed E-state index contributed by atoms with van der Waals surface area (Å²) in [5.41, 5.74) is 2.51. The molecule has 0 aliphatic carbocycles. The summed E-state index contributed by atoms with van der Waals surface area (Å²) in [5.74, 6) is -2.60. The number of nitrogens with zero attached hydrogens (tertiary/aromatic N) is 2. The van der Waals surface area contributed by atoms with Crippen LogP contribution in [0.1, 0.15) is 43.8 Å². The minimum absolute atomic E-state index is 0.177. The van der Waals surface area contributed by atoms with E-state index < -0.39 is 23.8 Å². The number of fused-ring (bicyclic) bond motifs is 3. The number of aliphatic hydroxyl groups is 1. The lowest BCUT2D eigenvalue weighted by Crippen LogP contribution is -2.33. The van der Waals surface area contributed by atoms with Gasteiger partial charge in [0.2, 0.25) is 0 Å². The molecule has 8 heteroatoms. The Morgan fingerprint density at radius 2 is 2.06 bits per heavy atom. The smallest absolute Gasteiger partial charge is 0.342 e. The summed E-state index contributed by atoms with van der Waals surface area (Å²) in [6.45, 7) is 5.38. The first kappa shape index (κ1) is 21.0. The standard InChI is InChI=1S/C23H23F2N3O3/c1-12(2)31-23(30)17-11-28(22(29)14-6-7-18(24)19(25)10-14)13(3)9-16-15-5-4-8-26-21(15)27-20(16)17/h4-8,10-13,22,29H,9H2,1-3H3,(H,26,27). The predicted octanol–water partition coefficient (Wildman–Crippen LogP) is 4.07. The van der Waals surface area contributed by atoms with Crippen molar-refractivity contribution in [2.24, 2.45) is 0 Å². The molecule has 0 spiro atoms. The molecule has 2 aromatic heterocycles. The highest BCUT2D eigenvalue weighted by atomic mass is 19.2. The fourth-order valence-corrected chi connectivity index (χ4v) is 3.85. The van der Waals surface area contributed by atoms with Crippen molar-refractivity contribution in [1.29, 1.82) is 0 Å². The van der Waals surface area contributed by atoms with Gasteiger partial charge in [0.25, 0.3) is 0 Å². The summed E-state index contributed by atoms with van der Waals surface area (Å²) >= 11 is 0. The first-order valence-electron chi connectivity index (χ1n) is 10.1. The number of nitrogens with one attached hydrogen (secondary N) is 1. The Morgan fingerprint density at radius 1 is 1.29 bits per heavy atom. The van der Waals surface area contributed by atoms with Crippen LogP contribution < -0.4 is 0 Å². The number of hydrogen-bond acceptors (Lipinski definition) is 5. The predicted molar refractivity (Wildman–Crippen MR) is 112 cm³/mol. The highest BCUT2D eigenvalue weighted by molar-refractivity contribution is 6.17. The molecule has 0 amide bonds. The third-order valence-corrected chi connectivity index (χ3v) is 5.32. The van der Waals surface area contributed by atoms with E-state index in [4.69, 9.17) is 4.74 Å². The molecule has 2 N–H and O–H groups in total. The van der Waals surface area contributed by atoms with Crippen LogP contribution in [0.25, 0.3) is 16.6 Å². The lowest BCUT2D eigenvalue weighted by atomic mass is 10.0. The van der Waals surface area contributed by atoms with E-state index in [-0.39, 0.29) is 23.3 Å². The van der Waals surface area contributed by atoms with E-state index in [9.17, 15) is 18.7 Å². The van der Waals surface area contributed by atoms with Crippen LogP contribution in [-0.2, 0) is 16.0 Å². The van der Waals surface area contributed by atoms with Gasteiger partial charge in [0.15, 0.2) is 17.9 Å². The lowest BCUT2D eigenvalue weighted by molar-refractivity contribution is -0.140. The molecule has 6 nitrogen and oxygen atoms in total. The van der Waals surface area contributed by atoms with Gasteiger partial charge in [-0.1, -0.05) is 6.07 Å². The summed E-state index contributed by atoms with van der Waals surface area (Å²) in [6.07, 6.45) is 2.03. The number of rotatable bonds is 4. The maximum Gasteiger partial charge on any atom is 0.342 e. The van der Waals surface area contributed by atoms with Crippen LogP contribution in [0.5, 0.6) is 0 Å². The van der Waals surface area contributed by atoms with Gasteiger partial charge in [0, 0.05) is 29.4 Å². The first-order chi connectivity index (χ1) is 14.8. The molecular weight excluding hydrogens is 404 g/mol. The van der Waals surface area contributed by atoms with Gasteiger partial charge in [-0.05, 0) is 57.0 Å². The Kier molecular flexibility index (Phi) is 5.49. The highest BCUT2D eigenvalue weighted by Crippen LogP contribution is 2.35. The summed E-state index contributed by atoms with van der Waals surface area (Å²) < 4.78 is 32.6. The fourth-order valence-electron chi connectivity index (χ4n) is 3.85. The number of esters is 1. The molecule has 0 bridgehead atoms. The number of carbonyl (C=O) groups excluding carboxylic acids is 1. The van der Waals surface area contributed by atoms with E-state index in [0.717, 1.165) is 23.1 Å². The van der Waals surface area contributed by atoms with Gasteiger partial charge in [-0.25, -0.2) is 18.6 Å². The fraction of sp³-hybridized carbons (Fsp3) is 0.304. The maximum absolute atomic E-state index is 13.8. The number of benzene rings is 1. The zero-order chi connectivity index (χ0) is 22.3. The van der Waals surface area contributed by atoms with Gasteiger partial charge in [-0.2, -0.15) is 0 Å². The van der Waals surface area contributed by atoms with Gasteiger partial charge in [-0.15, -0.1) is 0 Å². The second-order valence-electron chi connectivity index (χ2n) is 7.92. The molecule has 1 aromatic carbocycles. The van der Waals surface area contributed by atoms with Gasteiger partial charge < -0.3 is 19.7 Å². The number of aliphatic hydroxyl groups excluding tert-OH is 1. The molecule has 1 aliphatic rings. The summed E-state index contributed by atoms with van der Waals surface area (Å²) in [6, 6.07) is 6.70. The van der Waals surface area contributed by atoms with Crippen molar-refractivity contribution < 1.29 is 23.4 Å². The van der Waals surface area contributed by atoms with Crippen LogP contribution in [0.3, 0.4) is 0 Å². The second-order valence-corrected chi connectivity index (χ2v) is 7.92. The highest BCUT2D eigenvalue weighted by Gasteiger charge is 2.32. The van der Waals surface area contributed by atoms with Gasteiger partial charge in [0.1, 0.15) is 5.65 Å². The maximum atomic E-state index is 13.8. The number of aromatic amines is 1. The number of ether oxygens (including phenoxy) is 1. The monoisotopic (exact) mass is 427 g/mol. The van der Waals surface area contributed by atoms with E-state index in [1.165, 1.54) is 12.3 Å². The molecule has 2 unspecified atom stereocenters. The van der Waals surface area contributed by atoms with Crippen LogP contribution >= 0.6 is 0 Å². The number of pyridine rings is 1. The van der Waals surface area contributed by atoms with Crippen molar-refractivity contribution >= 4 is 22.6 Å². The minimum Gasteiger partial charge on any atom is -0.459 e. The number of hydrogen-bond donors (Lipinski definition) is 2. The third-order valence-electron chi connectivity index (χ3n) is 5.32. The summed E-state index contributed by atoms with van der Waals surface area (Å²) in [4.78, 5) is 22.1. The van der Waals surface area contributed by atoms with E-state index in [0.29, 0.717) is 17.8 Å². The van der Waals surface area contributed by atoms with Crippen LogP contribution in [0.15, 0.2) is 42.7 Å². The Morgan fingerprint density at radius 3 is 2.77 bits per heavy atom. The minimum atomic E-state index is -1.29. The normalized spacial score (nSPS) is 17.3. The average molecular weight is 427 g/mol. The SMILES string of the molecule is CC(C)OC(=O)C1=CN(C(O)c2ccc(F)c(F)c2)C(C)Cc2c1[nH]c1ncccc21. The van der Waals surface area contributed by atoms with Crippen molar-refractivity contribution in [2.45, 2.75) is 45.6 Å². The topological polar surface area (TPSA) is 78.5 Å². The second kappa shape index (κ2) is 8.11. The molecule has 1 aliphatic heterocycles. The molecule has 31 heavy (non-hydrogen) atoms. The van der Waals surface area contributed by atoms with Crippen LogP contribution in [0, 0.1) is 11.6 Å². The largest absolute Gasteiger partial charge is 0.459 e. The number of aromatic nitrogens is 2. The average Bonchev–Trinajstić information content (AvgIpc) is 3.00. The van der Waals surface area contributed by atoms with Gasteiger partial charge >= 0.3 is 5.97 Å². The van der Waals surface area contributed by atoms with Gasteiger partial charge in [-0.3, -0.25) is 0 Å². The molecule has 162 valence electrons. The molecule has 4 rings (SSSR count). The third kappa shape index (κ3) is 3.90. The van der Waals surface area contributed by atoms with Crippen molar-refractivity contribution in [3.63, 3.8) is 0 Å². The summed E-state index contributed by atoms with van der Waals surface area (Å²) in [7, 11) is 0. The van der Waals surface area contributed by atoms with Crippen LogP contribution in [-0.4, -0.2) is 38.1 Å². The zero-order valence-corrected chi connectivity index (χ0v) is 17.4. The summed E-state index contributed by atoms with van der Waals surface area (Å²) in [5, 5.41) is 11.9. The van der Waals surface area contributed by atoms with Crippen molar-refractivity contribution in [3.05, 3.63) is 71.2 Å². The van der Waals surface area contributed by atoms with Gasteiger partial charge in [0.05, 0.1) is 17.4 Å². The lowest BCUT2D eigenvalue weighted by Gasteiger charge is -2.32. The van der Waals surface area contributed by atoms with Crippen molar-refractivity contribution in [2.75, 3.05) is 0 Å². The number of halogens is 2.